The van der Waals surface area contributed by atoms with Gasteiger partial charge in [-0.15, -0.1) is 0 Å². The lowest BCUT2D eigenvalue weighted by atomic mass is 10.1. The van der Waals surface area contributed by atoms with Crippen LogP contribution < -0.4 is 15.5 Å². The number of nitrogens with one attached hydrogen (secondary N) is 3. The van der Waals surface area contributed by atoms with Crippen molar-refractivity contribution < 1.29 is 4.79 Å². The number of para-hydroxylation sites is 2. The van der Waals surface area contributed by atoms with E-state index in [1.165, 1.54) is 25.7 Å². The highest BCUT2D eigenvalue weighted by Gasteiger charge is 2.23. The molecule has 25 heavy (non-hydrogen) atoms. The van der Waals surface area contributed by atoms with E-state index in [-0.39, 0.29) is 5.91 Å². The van der Waals surface area contributed by atoms with Crippen LogP contribution in [0, 0.1) is 0 Å². The maximum Gasteiger partial charge on any atom is 0.276 e. The van der Waals surface area contributed by atoms with Gasteiger partial charge in [-0.05, 0) is 25.0 Å². The topological polar surface area (TPSA) is 73.0 Å². The lowest BCUT2D eigenvalue weighted by molar-refractivity contribution is 0.102. The molecule has 0 spiro atoms. The molecule has 1 aromatic carbocycles. The first kappa shape index (κ1) is 16.1. The summed E-state index contributed by atoms with van der Waals surface area (Å²) in [7, 11) is 0. The summed E-state index contributed by atoms with van der Waals surface area (Å²) in [5, 5.41) is 13.7. The summed E-state index contributed by atoms with van der Waals surface area (Å²) in [5.41, 5.74) is 4.56. The Morgan fingerprint density at radius 2 is 1.92 bits per heavy atom. The number of carbonyl (C=O) groups is 1. The molecule has 6 heteroatoms. The first-order valence-electron chi connectivity index (χ1n) is 9.25. The molecule has 1 aromatic heterocycles. The average molecular weight is 339 g/mol. The van der Waals surface area contributed by atoms with Crippen LogP contribution in [0.5, 0.6) is 0 Å². The van der Waals surface area contributed by atoms with Crippen LogP contribution in [0.25, 0.3) is 0 Å². The number of nitrogens with zero attached hydrogens (tertiary/aromatic N) is 2. The van der Waals surface area contributed by atoms with Crippen molar-refractivity contribution in [3.8, 4) is 0 Å². The van der Waals surface area contributed by atoms with Crippen molar-refractivity contribution in [1.82, 2.24) is 15.5 Å². The van der Waals surface area contributed by atoms with Crippen molar-refractivity contribution in [2.75, 3.05) is 29.9 Å². The van der Waals surface area contributed by atoms with E-state index in [1.54, 1.807) is 0 Å². The number of rotatable bonds is 3. The predicted molar refractivity (Wildman–Crippen MR) is 99.1 cm³/mol. The van der Waals surface area contributed by atoms with Crippen LogP contribution in [-0.2, 0) is 13.0 Å². The Bertz CT molecular complexity index is 746. The van der Waals surface area contributed by atoms with Gasteiger partial charge in [0.15, 0.2) is 5.69 Å². The highest BCUT2D eigenvalue weighted by molar-refractivity contribution is 6.05. The van der Waals surface area contributed by atoms with E-state index in [4.69, 9.17) is 0 Å². The lowest BCUT2D eigenvalue weighted by Crippen LogP contribution is -2.27. The van der Waals surface area contributed by atoms with Gasteiger partial charge in [-0.3, -0.25) is 9.89 Å². The van der Waals surface area contributed by atoms with Crippen molar-refractivity contribution >= 4 is 17.3 Å². The van der Waals surface area contributed by atoms with Crippen LogP contribution in [0.4, 0.5) is 11.4 Å². The molecule has 0 radical (unpaired) electrons. The number of benzene rings is 1. The fraction of sp³-hybridized carbons (Fsp3) is 0.474. The van der Waals surface area contributed by atoms with E-state index in [0.717, 1.165) is 48.7 Å². The van der Waals surface area contributed by atoms with Gasteiger partial charge in [0.25, 0.3) is 5.91 Å². The fourth-order valence-electron chi connectivity index (χ4n) is 3.76. The molecule has 3 N–H and O–H groups in total. The van der Waals surface area contributed by atoms with Gasteiger partial charge in [-0.25, -0.2) is 0 Å². The molecule has 1 fully saturated rings. The predicted octanol–water partition coefficient (Wildman–Crippen LogP) is 2.69. The third-order valence-corrected chi connectivity index (χ3v) is 5.12. The maximum absolute atomic E-state index is 12.8. The minimum atomic E-state index is -0.136. The summed E-state index contributed by atoms with van der Waals surface area (Å²) in [5.74, 6) is -0.136. The number of anilines is 2. The largest absolute Gasteiger partial charge is 0.370 e. The Balaban J connectivity index is 1.56. The maximum atomic E-state index is 12.8. The van der Waals surface area contributed by atoms with Gasteiger partial charge in [0.1, 0.15) is 0 Å². The molecular weight excluding hydrogens is 314 g/mol. The molecule has 2 aromatic rings. The molecular formula is C19H25N5O. The Morgan fingerprint density at radius 1 is 1.12 bits per heavy atom. The molecule has 2 aliphatic rings. The second-order valence-corrected chi connectivity index (χ2v) is 6.83. The monoisotopic (exact) mass is 339 g/mol. The minimum absolute atomic E-state index is 0.136. The third kappa shape index (κ3) is 3.39. The highest BCUT2D eigenvalue weighted by Crippen LogP contribution is 2.28. The van der Waals surface area contributed by atoms with Gasteiger partial charge in [0.05, 0.1) is 11.4 Å². The van der Waals surface area contributed by atoms with Crippen molar-refractivity contribution in [2.45, 2.75) is 38.6 Å². The van der Waals surface area contributed by atoms with Crippen LogP contribution in [0.2, 0.25) is 0 Å². The van der Waals surface area contributed by atoms with Gasteiger partial charge in [0.2, 0.25) is 0 Å². The number of aromatic amines is 1. The Kier molecular flexibility index (Phi) is 4.70. The Hall–Kier alpha value is -2.34. The van der Waals surface area contributed by atoms with E-state index in [0.29, 0.717) is 12.2 Å². The number of H-pyrrole nitrogens is 1. The zero-order chi connectivity index (χ0) is 17.1. The minimum Gasteiger partial charge on any atom is -0.370 e. The second kappa shape index (κ2) is 7.27. The van der Waals surface area contributed by atoms with Gasteiger partial charge in [0, 0.05) is 43.9 Å². The summed E-state index contributed by atoms with van der Waals surface area (Å²) in [6.07, 6.45) is 5.89. The molecule has 0 bridgehead atoms. The quantitative estimate of drug-likeness (QED) is 0.804. The highest BCUT2D eigenvalue weighted by atomic mass is 16.2. The summed E-state index contributed by atoms with van der Waals surface area (Å²) in [6.45, 7) is 3.72. The molecule has 0 saturated carbocycles. The van der Waals surface area contributed by atoms with Crippen LogP contribution in [0.1, 0.15) is 47.4 Å². The number of aromatic nitrogens is 2. The second-order valence-electron chi connectivity index (χ2n) is 6.83. The Morgan fingerprint density at radius 3 is 2.76 bits per heavy atom. The summed E-state index contributed by atoms with van der Waals surface area (Å²) < 4.78 is 0. The van der Waals surface area contributed by atoms with Crippen LogP contribution in [0.3, 0.4) is 0 Å². The normalized spacial score (nSPS) is 17.7. The van der Waals surface area contributed by atoms with E-state index in [2.05, 4.69) is 31.8 Å². The van der Waals surface area contributed by atoms with Gasteiger partial charge >= 0.3 is 0 Å². The Labute approximate surface area is 148 Å². The number of hydrogen-bond donors (Lipinski definition) is 3. The molecule has 4 rings (SSSR count). The number of hydrogen-bond acceptors (Lipinski definition) is 4. The molecule has 0 aliphatic carbocycles. The third-order valence-electron chi connectivity index (χ3n) is 5.12. The zero-order valence-corrected chi connectivity index (χ0v) is 14.5. The lowest BCUT2D eigenvalue weighted by Gasteiger charge is -2.25. The molecule has 132 valence electrons. The number of amides is 1. The molecule has 3 heterocycles. The van der Waals surface area contributed by atoms with Gasteiger partial charge in [-0.2, -0.15) is 5.10 Å². The zero-order valence-electron chi connectivity index (χ0n) is 14.5. The summed E-state index contributed by atoms with van der Waals surface area (Å²) in [4.78, 5) is 15.2. The van der Waals surface area contributed by atoms with Crippen LogP contribution in [0.15, 0.2) is 24.3 Å². The molecule has 6 nitrogen and oxygen atoms in total. The SMILES string of the molecule is O=C(Nc1ccccc1N1CCCCCC1)c1n[nH]c2c1CNCC2. The molecule has 2 aliphatic heterocycles. The van der Waals surface area contributed by atoms with Crippen molar-refractivity contribution in [3.05, 3.63) is 41.2 Å². The number of carbonyl (C=O) groups excluding carboxylic acids is 1. The molecule has 0 unspecified atom stereocenters. The molecule has 0 atom stereocenters. The number of fused-ring (bicyclic) bond motifs is 1. The van der Waals surface area contributed by atoms with Crippen LogP contribution >= 0.6 is 0 Å². The first-order valence-corrected chi connectivity index (χ1v) is 9.25. The van der Waals surface area contributed by atoms with E-state index >= 15 is 0 Å². The average Bonchev–Trinajstić information content (AvgIpc) is 2.89. The van der Waals surface area contributed by atoms with Crippen LogP contribution in [-0.4, -0.2) is 35.7 Å². The standard InChI is InChI=1S/C19H25N5O/c25-19(18-14-13-20-10-9-15(14)22-23-18)21-16-7-3-4-8-17(16)24-11-5-1-2-6-12-24/h3-4,7-8,20H,1-2,5-6,9-13H2,(H,21,25)(H,22,23). The van der Waals surface area contributed by atoms with Gasteiger partial charge in [-0.1, -0.05) is 25.0 Å². The molecule has 1 amide bonds. The van der Waals surface area contributed by atoms with E-state index in [1.807, 2.05) is 18.2 Å². The summed E-state index contributed by atoms with van der Waals surface area (Å²) >= 11 is 0. The van der Waals surface area contributed by atoms with Gasteiger partial charge < -0.3 is 15.5 Å². The first-order chi connectivity index (χ1) is 12.3. The fourth-order valence-corrected chi connectivity index (χ4v) is 3.76. The smallest absolute Gasteiger partial charge is 0.276 e. The molecule has 1 saturated heterocycles. The van der Waals surface area contributed by atoms with Crippen molar-refractivity contribution in [3.63, 3.8) is 0 Å². The summed E-state index contributed by atoms with van der Waals surface area (Å²) in [6, 6.07) is 8.09. The van der Waals surface area contributed by atoms with Crippen molar-refractivity contribution in [1.29, 1.82) is 0 Å². The van der Waals surface area contributed by atoms with Crippen molar-refractivity contribution in [2.24, 2.45) is 0 Å². The van der Waals surface area contributed by atoms with E-state index < -0.39 is 0 Å². The van der Waals surface area contributed by atoms with E-state index in [9.17, 15) is 4.79 Å².